The number of aromatic nitrogens is 1. The number of benzene rings is 3. The smallest absolute Gasteiger partial charge is 0.258 e. The number of fused-ring (bicyclic) bond motifs is 1. The number of thiazole rings is 1. The normalized spacial score (nSPS) is 13.0. The lowest BCUT2D eigenvalue weighted by Crippen LogP contribution is -2.02. The van der Waals surface area contributed by atoms with E-state index in [0.717, 1.165) is 33.8 Å². The number of aryl methyl sites for hydroxylation is 3. The Labute approximate surface area is 191 Å². The predicted octanol–water partition coefficient (Wildman–Crippen LogP) is 7.16. The zero-order valence-electron chi connectivity index (χ0n) is 18.0. The van der Waals surface area contributed by atoms with Gasteiger partial charge in [0, 0.05) is 29.0 Å². The maximum atomic E-state index is 11.5. The fourth-order valence-corrected chi connectivity index (χ4v) is 5.39. The molecule has 1 heterocycles. The van der Waals surface area contributed by atoms with Crippen molar-refractivity contribution < 1.29 is 4.92 Å². The molecule has 5 rings (SSSR count). The molecule has 3 aromatic carbocycles. The summed E-state index contributed by atoms with van der Waals surface area (Å²) in [6.07, 6.45) is 5.53. The second-order valence-corrected chi connectivity index (χ2v) is 9.36. The third kappa shape index (κ3) is 4.08. The Balaban J connectivity index is 1.49. The van der Waals surface area contributed by atoms with Gasteiger partial charge in [0.05, 0.1) is 15.6 Å². The molecule has 0 N–H and O–H groups in total. The van der Waals surface area contributed by atoms with Crippen LogP contribution in [0, 0.1) is 17.0 Å². The Bertz CT molecular complexity index is 1290. The van der Waals surface area contributed by atoms with E-state index in [1.54, 1.807) is 24.3 Å². The van der Waals surface area contributed by atoms with Gasteiger partial charge in [0.25, 0.3) is 5.69 Å². The van der Waals surface area contributed by atoms with Gasteiger partial charge in [-0.3, -0.25) is 10.1 Å². The molecule has 4 aromatic rings. The average Bonchev–Trinajstić information content (AvgIpc) is 3.28. The van der Waals surface area contributed by atoms with Gasteiger partial charge >= 0.3 is 0 Å². The van der Waals surface area contributed by atoms with Crippen LogP contribution in [0.1, 0.15) is 40.1 Å². The van der Waals surface area contributed by atoms with Gasteiger partial charge in [-0.25, -0.2) is 4.98 Å². The van der Waals surface area contributed by atoms with Gasteiger partial charge in [0.1, 0.15) is 0 Å². The zero-order valence-corrected chi connectivity index (χ0v) is 18.8. The van der Waals surface area contributed by atoms with Crippen LogP contribution in [0.5, 0.6) is 0 Å². The van der Waals surface area contributed by atoms with Gasteiger partial charge in [0.15, 0.2) is 0 Å². The van der Waals surface area contributed by atoms with Gasteiger partial charge in [0.2, 0.25) is 0 Å². The molecular formula is C27H24N2O2S. The molecule has 5 heteroatoms. The fraction of sp³-hybridized carbons (Fsp3) is 0.222. The van der Waals surface area contributed by atoms with E-state index in [1.807, 2.05) is 36.4 Å². The summed E-state index contributed by atoms with van der Waals surface area (Å²) in [5.41, 5.74) is 8.90. The van der Waals surface area contributed by atoms with Gasteiger partial charge in [-0.2, -0.15) is 0 Å². The molecule has 1 aliphatic carbocycles. The van der Waals surface area contributed by atoms with Crippen molar-refractivity contribution in [3.8, 4) is 22.4 Å². The maximum Gasteiger partial charge on any atom is 0.272 e. The first-order valence-electron chi connectivity index (χ1n) is 11.0. The fourth-order valence-electron chi connectivity index (χ4n) is 4.57. The molecular weight excluding hydrogens is 416 g/mol. The summed E-state index contributed by atoms with van der Waals surface area (Å²) in [5, 5.41) is 14.7. The third-order valence-corrected chi connectivity index (χ3v) is 7.09. The van der Waals surface area contributed by atoms with E-state index >= 15 is 0 Å². The highest BCUT2D eigenvalue weighted by molar-refractivity contribution is 7.10. The lowest BCUT2D eigenvalue weighted by atomic mass is 9.90. The zero-order chi connectivity index (χ0) is 22.1. The van der Waals surface area contributed by atoms with Crippen LogP contribution in [-0.4, -0.2) is 9.91 Å². The number of rotatable bonds is 5. The first kappa shape index (κ1) is 20.6. The van der Waals surface area contributed by atoms with Crippen molar-refractivity contribution in [2.45, 2.75) is 39.0 Å². The van der Waals surface area contributed by atoms with Crippen LogP contribution in [0.25, 0.3) is 22.4 Å². The van der Waals surface area contributed by atoms with E-state index in [9.17, 15) is 10.1 Å². The molecule has 1 aliphatic rings. The quantitative estimate of drug-likeness (QED) is 0.244. The van der Waals surface area contributed by atoms with Crippen molar-refractivity contribution in [3.05, 3.63) is 103 Å². The standard InChI is InChI=1S/C27H24N2O2S/c1-18-13-23(24(16-26(18)29(30)31)20-8-3-2-4-9-20)15-27-28-25(17-32-27)22-12-11-19-7-5-6-10-21(19)14-22/h2-4,8-9,11-14,16-17H,5-7,10,15H2,1H3. The SMILES string of the molecule is Cc1cc(Cc2nc(-c3ccc4c(c3)CCCC4)cs2)c(-c2ccccc2)cc1[N+](=O)[O-]. The van der Waals surface area contributed by atoms with Crippen LogP contribution in [-0.2, 0) is 19.3 Å². The topological polar surface area (TPSA) is 56.0 Å². The molecule has 0 spiro atoms. The van der Waals surface area contributed by atoms with E-state index in [2.05, 4.69) is 23.6 Å². The molecule has 1 aromatic heterocycles. The highest BCUT2D eigenvalue weighted by Gasteiger charge is 2.18. The van der Waals surface area contributed by atoms with E-state index in [4.69, 9.17) is 4.98 Å². The second-order valence-electron chi connectivity index (χ2n) is 8.41. The molecule has 0 aliphatic heterocycles. The summed E-state index contributed by atoms with van der Waals surface area (Å²) in [6, 6.07) is 20.3. The molecule has 0 saturated heterocycles. The van der Waals surface area contributed by atoms with Crippen molar-refractivity contribution in [2.75, 3.05) is 0 Å². The van der Waals surface area contributed by atoms with Crippen LogP contribution in [0.15, 0.2) is 66.0 Å². The average molecular weight is 441 g/mol. The lowest BCUT2D eigenvalue weighted by Gasteiger charge is -2.16. The number of nitro groups is 1. The lowest BCUT2D eigenvalue weighted by molar-refractivity contribution is -0.385. The molecule has 0 amide bonds. The monoisotopic (exact) mass is 440 g/mol. The molecule has 0 atom stereocenters. The van der Waals surface area contributed by atoms with Crippen molar-refractivity contribution in [3.63, 3.8) is 0 Å². The van der Waals surface area contributed by atoms with Crippen molar-refractivity contribution in [2.24, 2.45) is 0 Å². The van der Waals surface area contributed by atoms with Crippen LogP contribution in [0.4, 0.5) is 5.69 Å². The number of nitro benzene ring substituents is 1. The van der Waals surface area contributed by atoms with Gasteiger partial charge in [-0.05, 0) is 72.6 Å². The first-order valence-corrected chi connectivity index (χ1v) is 11.9. The minimum atomic E-state index is -0.302. The van der Waals surface area contributed by atoms with E-state index in [1.165, 1.54) is 36.0 Å². The Morgan fingerprint density at radius 2 is 1.75 bits per heavy atom. The summed E-state index contributed by atoms with van der Waals surface area (Å²) < 4.78 is 0. The molecule has 160 valence electrons. The molecule has 0 saturated carbocycles. The summed E-state index contributed by atoms with van der Waals surface area (Å²) in [4.78, 5) is 16.2. The highest BCUT2D eigenvalue weighted by atomic mass is 32.1. The largest absolute Gasteiger partial charge is 0.272 e. The Morgan fingerprint density at radius 1 is 0.969 bits per heavy atom. The minimum absolute atomic E-state index is 0.154. The molecule has 32 heavy (non-hydrogen) atoms. The Morgan fingerprint density at radius 3 is 2.53 bits per heavy atom. The number of nitrogens with zero attached hydrogens (tertiary/aromatic N) is 2. The molecule has 0 fully saturated rings. The van der Waals surface area contributed by atoms with Crippen molar-refractivity contribution in [1.82, 2.24) is 4.98 Å². The number of hydrogen-bond donors (Lipinski definition) is 0. The van der Waals surface area contributed by atoms with E-state index in [-0.39, 0.29) is 10.6 Å². The summed E-state index contributed by atoms with van der Waals surface area (Å²) in [5.74, 6) is 0. The Kier molecular flexibility index (Phi) is 5.58. The molecule has 0 unspecified atom stereocenters. The summed E-state index contributed by atoms with van der Waals surface area (Å²) in [6.45, 7) is 1.80. The Hall–Kier alpha value is -3.31. The second kappa shape index (κ2) is 8.67. The molecule has 0 bridgehead atoms. The first-order chi connectivity index (χ1) is 15.6. The molecule has 0 radical (unpaired) electrons. The van der Waals surface area contributed by atoms with E-state index in [0.29, 0.717) is 12.0 Å². The summed E-state index contributed by atoms with van der Waals surface area (Å²) in [7, 11) is 0. The maximum absolute atomic E-state index is 11.5. The van der Waals surface area contributed by atoms with Gasteiger partial charge in [-0.1, -0.05) is 42.5 Å². The summed E-state index contributed by atoms with van der Waals surface area (Å²) >= 11 is 1.65. The predicted molar refractivity (Wildman–Crippen MR) is 130 cm³/mol. The van der Waals surface area contributed by atoms with Crippen LogP contribution in [0.3, 0.4) is 0 Å². The minimum Gasteiger partial charge on any atom is -0.258 e. The van der Waals surface area contributed by atoms with Gasteiger partial charge in [-0.15, -0.1) is 11.3 Å². The van der Waals surface area contributed by atoms with Crippen molar-refractivity contribution in [1.29, 1.82) is 0 Å². The van der Waals surface area contributed by atoms with Crippen LogP contribution >= 0.6 is 11.3 Å². The number of hydrogen-bond acceptors (Lipinski definition) is 4. The van der Waals surface area contributed by atoms with Crippen LogP contribution < -0.4 is 0 Å². The highest BCUT2D eigenvalue weighted by Crippen LogP contribution is 2.34. The van der Waals surface area contributed by atoms with Crippen molar-refractivity contribution >= 4 is 17.0 Å². The van der Waals surface area contributed by atoms with Crippen LogP contribution in [0.2, 0.25) is 0 Å². The van der Waals surface area contributed by atoms with E-state index < -0.39 is 0 Å². The third-order valence-electron chi connectivity index (χ3n) is 6.24. The van der Waals surface area contributed by atoms with Gasteiger partial charge < -0.3 is 0 Å². The molecule has 4 nitrogen and oxygen atoms in total.